The summed E-state index contributed by atoms with van der Waals surface area (Å²) in [6, 6.07) is 12.9. The molecule has 11 nitrogen and oxygen atoms in total. The average molecular weight is 539 g/mol. The maximum absolute atomic E-state index is 12.0. The summed E-state index contributed by atoms with van der Waals surface area (Å²) >= 11 is 1.30. The molecule has 2 N–H and O–H groups in total. The molecule has 2 aromatic rings. The van der Waals surface area contributed by atoms with E-state index in [-0.39, 0.29) is 29.5 Å². The van der Waals surface area contributed by atoms with Gasteiger partial charge in [-0.1, -0.05) is 42.1 Å². The van der Waals surface area contributed by atoms with Crippen LogP contribution in [0.4, 0.5) is 11.4 Å². The summed E-state index contributed by atoms with van der Waals surface area (Å²) in [5.74, 6) is 0.233. The lowest BCUT2D eigenvalue weighted by molar-refractivity contribution is -0.384. The van der Waals surface area contributed by atoms with Crippen LogP contribution in [0, 0.1) is 20.9 Å². The van der Waals surface area contributed by atoms with Crippen molar-refractivity contribution >= 4 is 45.8 Å². The van der Waals surface area contributed by atoms with E-state index in [1.807, 2.05) is 30.3 Å². The highest BCUT2D eigenvalue weighted by Gasteiger charge is 2.33. The van der Waals surface area contributed by atoms with E-state index < -0.39 is 16.9 Å². The number of ether oxygens (including phenoxy) is 2. The highest BCUT2D eigenvalue weighted by atomic mass is 32.2. The molecule has 0 unspecified atom stereocenters. The third-order valence-corrected chi connectivity index (χ3v) is 7.22. The van der Waals surface area contributed by atoms with Crippen LogP contribution < -0.4 is 4.90 Å². The Labute approximate surface area is 225 Å². The Morgan fingerprint density at radius 2 is 1.97 bits per heavy atom. The number of fused-ring (bicyclic) bond motifs is 1. The molecule has 200 valence electrons. The van der Waals surface area contributed by atoms with Gasteiger partial charge in [0.1, 0.15) is 11.9 Å². The van der Waals surface area contributed by atoms with Crippen LogP contribution in [0.2, 0.25) is 0 Å². The van der Waals surface area contributed by atoms with Crippen molar-refractivity contribution in [1.82, 2.24) is 4.90 Å². The molecule has 12 heteroatoms. The second-order valence-electron chi connectivity index (χ2n) is 8.76. The van der Waals surface area contributed by atoms with Crippen LogP contribution in [0.1, 0.15) is 24.0 Å². The van der Waals surface area contributed by atoms with Gasteiger partial charge in [0.15, 0.2) is 5.17 Å². The minimum absolute atomic E-state index is 0.0267. The van der Waals surface area contributed by atoms with E-state index in [0.717, 1.165) is 25.2 Å². The normalized spacial score (nSPS) is 17.8. The number of benzodiazepines with no additional fused rings is 1. The van der Waals surface area contributed by atoms with E-state index >= 15 is 0 Å². The van der Waals surface area contributed by atoms with Crippen LogP contribution in [0.25, 0.3) is 0 Å². The predicted octanol–water partition coefficient (Wildman–Crippen LogP) is 3.55. The van der Waals surface area contributed by atoms with Crippen molar-refractivity contribution in [3.8, 4) is 0 Å². The smallest absolute Gasteiger partial charge is 0.305 e. The first-order valence-electron chi connectivity index (χ1n) is 12.3. The summed E-state index contributed by atoms with van der Waals surface area (Å²) in [5.41, 5.74) is 2.00. The van der Waals surface area contributed by atoms with Gasteiger partial charge in [-0.2, -0.15) is 0 Å². The van der Waals surface area contributed by atoms with E-state index in [0.29, 0.717) is 35.9 Å². The molecule has 0 aliphatic carbocycles. The minimum atomic E-state index is -0.768. The Hall–Kier alpha value is -3.61. The summed E-state index contributed by atoms with van der Waals surface area (Å²) < 4.78 is 10.2. The number of morpholine rings is 1. The summed E-state index contributed by atoms with van der Waals surface area (Å²) in [4.78, 5) is 31.8. The van der Waals surface area contributed by atoms with Gasteiger partial charge in [0.2, 0.25) is 0 Å². The minimum Gasteiger partial charge on any atom is -0.469 e. The molecule has 0 amide bonds. The van der Waals surface area contributed by atoms with Gasteiger partial charge in [-0.05, 0) is 12.5 Å². The predicted molar refractivity (Wildman–Crippen MR) is 148 cm³/mol. The quantitative estimate of drug-likeness (QED) is 0.171. The fourth-order valence-electron chi connectivity index (χ4n) is 4.35. The summed E-state index contributed by atoms with van der Waals surface area (Å²) in [6.07, 6.45) is 0.233. The number of nitro groups is 1. The molecule has 0 radical (unpaired) electrons. The highest BCUT2D eigenvalue weighted by molar-refractivity contribution is 8.14. The van der Waals surface area contributed by atoms with Gasteiger partial charge in [0, 0.05) is 55.1 Å². The van der Waals surface area contributed by atoms with Crippen molar-refractivity contribution in [2.24, 2.45) is 4.99 Å². The largest absolute Gasteiger partial charge is 0.469 e. The lowest BCUT2D eigenvalue weighted by atomic mass is 9.99. The van der Waals surface area contributed by atoms with Gasteiger partial charge in [-0.15, -0.1) is 0 Å². The van der Waals surface area contributed by atoms with Crippen LogP contribution in [0.15, 0.2) is 53.5 Å². The number of nitrogens with zero attached hydrogens (tertiary/aromatic N) is 4. The number of carbonyl (C=O) groups is 1. The third kappa shape index (κ3) is 6.44. The van der Waals surface area contributed by atoms with Gasteiger partial charge in [0.05, 0.1) is 36.6 Å². The zero-order valence-corrected chi connectivity index (χ0v) is 21.9. The monoisotopic (exact) mass is 538 g/mol. The molecule has 38 heavy (non-hydrogen) atoms. The van der Waals surface area contributed by atoms with Crippen LogP contribution in [-0.4, -0.2) is 84.3 Å². The number of nitrogens with one attached hydrogen (secondary N) is 2. The second-order valence-corrected chi connectivity index (χ2v) is 9.84. The molecular weight excluding hydrogens is 508 g/mol. The van der Waals surface area contributed by atoms with Gasteiger partial charge < -0.3 is 9.47 Å². The SMILES string of the molecule is COC(=O)CC[C@@H]1N=C(c2ccccc2)c2cc([N+](=O)[O-])ccc2N(C(=N)SCCN2CCOCC2)C1=N. The Morgan fingerprint density at radius 1 is 1.24 bits per heavy atom. The van der Waals surface area contributed by atoms with Crippen molar-refractivity contribution in [2.75, 3.05) is 50.6 Å². The lowest BCUT2D eigenvalue weighted by Crippen LogP contribution is -2.41. The van der Waals surface area contributed by atoms with Crippen molar-refractivity contribution in [1.29, 1.82) is 10.8 Å². The first-order chi connectivity index (χ1) is 18.4. The van der Waals surface area contributed by atoms with Crippen LogP contribution in [0.5, 0.6) is 0 Å². The Morgan fingerprint density at radius 3 is 2.66 bits per heavy atom. The number of non-ortho nitro benzene ring substituents is 1. The molecule has 2 aromatic carbocycles. The molecule has 1 saturated heterocycles. The summed E-state index contributed by atoms with van der Waals surface area (Å²) in [5, 5.41) is 29.8. The molecule has 0 bridgehead atoms. The van der Waals surface area contributed by atoms with Gasteiger partial charge in [-0.25, -0.2) is 0 Å². The molecular formula is C26H30N6O5S. The summed E-state index contributed by atoms with van der Waals surface area (Å²) in [7, 11) is 1.31. The maximum atomic E-state index is 12.0. The number of nitro benzene ring substituents is 1. The molecule has 1 atom stereocenters. The van der Waals surface area contributed by atoms with E-state index in [4.69, 9.17) is 25.3 Å². The highest BCUT2D eigenvalue weighted by Crippen LogP contribution is 2.34. The maximum Gasteiger partial charge on any atom is 0.305 e. The summed E-state index contributed by atoms with van der Waals surface area (Å²) in [6.45, 7) is 3.81. The van der Waals surface area contributed by atoms with Crippen molar-refractivity contribution in [3.63, 3.8) is 0 Å². The number of esters is 1. The Bertz CT molecular complexity index is 1230. The first kappa shape index (κ1) is 27.4. The zero-order chi connectivity index (χ0) is 27.1. The second kappa shape index (κ2) is 12.8. The molecule has 0 saturated carbocycles. The molecule has 0 aromatic heterocycles. The molecule has 0 spiro atoms. The average Bonchev–Trinajstić information content (AvgIpc) is 3.06. The number of hydrogen-bond donors (Lipinski definition) is 2. The number of anilines is 1. The molecule has 1 fully saturated rings. The number of amidine groups is 2. The van der Waals surface area contributed by atoms with E-state index in [1.165, 1.54) is 35.9 Å². The fraction of sp³-hybridized carbons (Fsp3) is 0.385. The molecule has 4 rings (SSSR count). The van der Waals surface area contributed by atoms with Crippen molar-refractivity contribution in [2.45, 2.75) is 18.9 Å². The number of hydrogen-bond acceptors (Lipinski definition) is 10. The number of thioether (sulfide) groups is 1. The number of aliphatic imine (C=N–C) groups is 1. The molecule has 2 aliphatic rings. The molecule has 2 aliphatic heterocycles. The Balaban J connectivity index is 1.72. The van der Waals surface area contributed by atoms with Crippen molar-refractivity contribution < 1.29 is 19.2 Å². The lowest BCUT2D eigenvalue weighted by Gasteiger charge is -2.29. The Kier molecular flexibility index (Phi) is 9.21. The topological polar surface area (TPSA) is 145 Å². The zero-order valence-electron chi connectivity index (χ0n) is 21.1. The number of methoxy groups -OCH3 is 1. The number of rotatable bonds is 8. The van der Waals surface area contributed by atoms with E-state index in [9.17, 15) is 14.9 Å². The third-order valence-electron chi connectivity index (χ3n) is 6.38. The van der Waals surface area contributed by atoms with Crippen LogP contribution in [0.3, 0.4) is 0 Å². The van der Waals surface area contributed by atoms with E-state index in [1.54, 1.807) is 6.07 Å². The first-order valence-corrected chi connectivity index (χ1v) is 13.3. The number of carbonyl (C=O) groups excluding carboxylic acids is 1. The van der Waals surface area contributed by atoms with Crippen molar-refractivity contribution in [3.05, 3.63) is 69.8 Å². The standard InChI is InChI=1S/C26H30N6O5S/c1-36-23(33)10-8-21-25(27)31(26(28)38-16-13-30-11-14-37-15-12-30)22-9-7-19(32(34)35)17-20(22)24(29-21)18-5-3-2-4-6-18/h2-7,9,17,21,27-28H,8,10-16H2,1H3/t21-/m0/s1. The van der Waals surface area contributed by atoms with Gasteiger partial charge in [0.25, 0.3) is 5.69 Å². The number of benzene rings is 2. The van der Waals surface area contributed by atoms with Crippen LogP contribution >= 0.6 is 11.8 Å². The van der Waals surface area contributed by atoms with Gasteiger partial charge in [-0.3, -0.25) is 40.5 Å². The van der Waals surface area contributed by atoms with Gasteiger partial charge >= 0.3 is 5.97 Å². The van der Waals surface area contributed by atoms with Crippen LogP contribution in [-0.2, 0) is 14.3 Å². The molecule has 2 heterocycles. The van der Waals surface area contributed by atoms with E-state index in [2.05, 4.69) is 4.90 Å². The fourth-order valence-corrected chi connectivity index (χ4v) is 5.22.